The van der Waals surface area contributed by atoms with Gasteiger partial charge in [0.2, 0.25) is 0 Å². The molecule has 3 rings (SSSR count). The quantitative estimate of drug-likeness (QED) is 0.855. The number of hydrogen-bond donors (Lipinski definition) is 1. The van der Waals surface area contributed by atoms with Crippen LogP contribution in [0.5, 0.6) is 0 Å². The minimum Gasteiger partial charge on any atom is -0.309 e. The molecule has 0 unspecified atom stereocenters. The van der Waals surface area contributed by atoms with Crippen molar-refractivity contribution in [1.29, 1.82) is 0 Å². The first kappa shape index (κ1) is 10.5. The fraction of sp³-hybridized carbons (Fsp3) is 0.357. The summed E-state index contributed by atoms with van der Waals surface area (Å²) in [4.78, 5) is 0. The van der Waals surface area contributed by atoms with E-state index in [9.17, 15) is 0 Å². The third-order valence-electron chi connectivity index (χ3n) is 3.30. The van der Waals surface area contributed by atoms with E-state index < -0.39 is 0 Å². The zero-order valence-corrected chi connectivity index (χ0v) is 10.3. The predicted octanol–water partition coefficient (Wildman–Crippen LogP) is 2.73. The van der Waals surface area contributed by atoms with Gasteiger partial charge >= 0.3 is 0 Å². The molecule has 0 fully saturated rings. The van der Waals surface area contributed by atoms with Crippen LogP contribution in [0.2, 0.25) is 0 Å². The van der Waals surface area contributed by atoms with E-state index in [2.05, 4.69) is 48.7 Å². The number of rotatable bonds is 2. The van der Waals surface area contributed by atoms with Crippen LogP contribution in [0.25, 0.3) is 11.1 Å². The number of fused-ring (bicyclic) bond motifs is 1. The van der Waals surface area contributed by atoms with E-state index in [0.29, 0.717) is 6.04 Å². The number of aromatic nitrogens is 2. The first-order chi connectivity index (χ1) is 8.24. The number of hydrogen-bond acceptors (Lipinski definition) is 2. The summed E-state index contributed by atoms with van der Waals surface area (Å²) in [7, 11) is 0. The Hall–Kier alpha value is -1.61. The SMILES string of the molecule is CC(C)n1cc(-c2ccc3c(c2)CNC3)cn1. The van der Waals surface area contributed by atoms with E-state index in [0.717, 1.165) is 13.1 Å². The standard InChI is InChI=1S/C14H17N3/c1-10(2)17-9-14(8-16-17)11-3-4-12-6-15-7-13(12)5-11/h3-5,8-10,15H,6-7H2,1-2H3. The summed E-state index contributed by atoms with van der Waals surface area (Å²) in [5, 5.41) is 7.76. The van der Waals surface area contributed by atoms with Gasteiger partial charge in [0.15, 0.2) is 0 Å². The molecule has 3 heteroatoms. The molecule has 0 saturated heterocycles. The highest BCUT2D eigenvalue weighted by atomic mass is 15.3. The summed E-state index contributed by atoms with van der Waals surface area (Å²) in [6.07, 6.45) is 4.07. The zero-order chi connectivity index (χ0) is 11.8. The summed E-state index contributed by atoms with van der Waals surface area (Å²) < 4.78 is 2.00. The van der Waals surface area contributed by atoms with Gasteiger partial charge in [-0.1, -0.05) is 12.1 Å². The molecule has 1 aromatic heterocycles. The Morgan fingerprint density at radius 3 is 2.76 bits per heavy atom. The Morgan fingerprint density at radius 1 is 1.18 bits per heavy atom. The fourth-order valence-corrected chi connectivity index (χ4v) is 2.24. The van der Waals surface area contributed by atoms with Crippen molar-refractivity contribution in [3.63, 3.8) is 0 Å². The van der Waals surface area contributed by atoms with Gasteiger partial charge in [0, 0.05) is 30.9 Å². The average molecular weight is 227 g/mol. The van der Waals surface area contributed by atoms with Crippen LogP contribution >= 0.6 is 0 Å². The van der Waals surface area contributed by atoms with Gasteiger partial charge < -0.3 is 5.32 Å². The first-order valence-electron chi connectivity index (χ1n) is 6.11. The lowest BCUT2D eigenvalue weighted by atomic mass is 10.0. The summed E-state index contributed by atoms with van der Waals surface area (Å²) in [6, 6.07) is 7.10. The second-order valence-corrected chi connectivity index (χ2v) is 4.89. The van der Waals surface area contributed by atoms with Crippen LogP contribution in [-0.4, -0.2) is 9.78 Å². The highest BCUT2D eigenvalue weighted by Gasteiger charge is 2.11. The first-order valence-corrected chi connectivity index (χ1v) is 6.11. The summed E-state index contributed by atoms with van der Waals surface area (Å²) in [5.74, 6) is 0. The van der Waals surface area contributed by atoms with Crippen LogP contribution in [0.15, 0.2) is 30.6 Å². The van der Waals surface area contributed by atoms with Gasteiger partial charge in [-0.3, -0.25) is 4.68 Å². The van der Waals surface area contributed by atoms with Gasteiger partial charge in [0.1, 0.15) is 0 Å². The van der Waals surface area contributed by atoms with Crippen molar-refractivity contribution >= 4 is 0 Å². The fourth-order valence-electron chi connectivity index (χ4n) is 2.24. The molecule has 1 aliphatic heterocycles. The molecule has 0 spiro atoms. The molecule has 1 aromatic carbocycles. The van der Waals surface area contributed by atoms with E-state index in [-0.39, 0.29) is 0 Å². The maximum Gasteiger partial charge on any atom is 0.0568 e. The minimum atomic E-state index is 0.417. The van der Waals surface area contributed by atoms with Crippen molar-refractivity contribution in [3.8, 4) is 11.1 Å². The van der Waals surface area contributed by atoms with Crippen molar-refractivity contribution in [2.45, 2.75) is 33.0 Å². The van der Waals surface area contributed by atoms with Crippen LogP contribution in [0.3, 0.4) is 0 Å². The van der Waals surface area contributed by atoms with Gasteiger partial charge in [-0.25, -0.2) is 0 Å². The van der Waals surface area contributed by atoms with Crippen LogP contribution in [-0.2, 0) is 13.1 Å². The smallest absolute Gasteiger partial charge is 0.0568 e. The summed E-state index contributed by atoms with van der Waals surface area (Å²) in [6.45, 7) is 6.27. The van der Waals surface area contributed by atoms with E-state index in [1.807, 2.05) is 10.9 Å². The lowest BCUT2D eigenvalue weighted by molar-refractivity contribution is 0.532. The van der Waals surface area contributed by atoms with Crippen molar-refractivity contribution in [2.24, 2.45) is 0 Å². The topological polar surface area (TPSA) is 29.9 Å². The monoisotopic (exact) mass is 227 g/mol. The molecule has 0 saturated carbocycles. The highest BCUT2D eigenvalue weighted by molar-refractivity contribution is 5.63. The predicted molar refractivity (Wildman–Crippen MR) is 68.6 cm³/mol. The van der Waals surface area contributed by atoms with Crippen LogP contribution in [0.4, 0.5) is 0 Å². The molecule has 0 amide bonds. The lowest BCUT2D eigenvalue weighted by Crippen LogP contribution is -1.99. The Kier molecular flexibility index (Phi) is 2.48. The maximum atomic E-state index is 4.39. The van der Waals surface area contributed by atoms with E-state index in [4.69, 9.17) is 0 Å². The molecule has 0 atom stereocenters. The molecule has 88 valence electrons. The Bertz CT molecular complexity index is 540. The second kappa shape index (κ2) is 4.00. The molecule has 0 bridgehead atoms. The van der Waals surface area contributed by atoms with Gasteiger partial charge in [-0.2, -0.15) is 5.10 Å². The maximum absolute atomic E-state index is 4.39. The van der Waals surface area contributed by atoms with Crippen LogP contribution in [0, 0.1) is 0 Å². The van der Waals surface area contributed by atoms with Crippen molar-refractivity contribution in [2.75, 3.05) is 0 Å². The molecule has 1 aliphatic rings. The van der Waals surface area contributed by atoms with Crippen molar-refractivity contribution < 1.29 is 0 Å². The van der Waals surface area contributed by atoms with E-state index >= 15 is 0 Å². The van der Waals surface area contributed by atoms with Crippen molar-refractivity contribution in [3.05, 3.63) is 41.7 Å². The molecular weight excluding hydrogens is 210 g/mol. The molecule has 0 radical (unpaired) electrons. The van der Waals surface area contributed by atoms with E-state index in [1.54, 1.807) is 0 Å². The van der Waals surface area contributed by atoms with Gasteiger partial charge in [0.25, 0.3) is 0 Å². The Labute approximate surface area is 101 Å². The third kappa shape index (κ3) is 1.87. The van der Waals surface area contributed by atoms with Crippen LogP contribution in [0.1, 0.15) is 31.0 Å². The summed E-state index contributed by atoms with van der Waals surface area (Å²) in [5.41, 5.74) is 5.30. The largest absolute Gasteiger partial charge is 0.309 e. The third-order valence-corrected chi connectivity index (χ3v) is 3.30. The van der Waals surface area contributed by atoms with Crippen molar-refractivity contribution in [1.82, 2.24) is 15.1 Å². The van der Waals surface area contributed by atoms with Gasteiger partial charge in [-0.05, 0) is 36.6 Å². The molecule has 3 nitrogen and oxygen atoms in total. The summed E-state index contributed by atoms with van der Waals surface area (Å²) >= 11 is 0. The number of nitrogens with one attached hydrogen (secondary N) is 1. The van der Waals surface area contributed by atoms with Crippen LogP contribution < -0.4 is 5.32 Å². The second-order valence-electron chi connectivity index (χ2n) is 4.89. The minimum absolute atomic E-state index is 0.417. The van der Waals surface area contributed by atoms with Gasteiger partial charge in [-0.15, -0.1) is 0 Å². The zero-order valence-electron chi connectivity index (χ0n) is 10.3. The highest BCUT2D eigenvalue weighted by Crippen LogP contribution is 2.25. The van der Waals surface area contributed by atoms with Gasteiger partial charge in [0.05, 0.1) is 6.20 Å². The number of benzene rings is 1. The molecule has 2 heterocycles. The van der Waals surface area contributed by atoms with E-state index in [1.165, 1.54) is 22.3 Å². The molecule has 2 aromatic rings. The molecular formula is C14H17N3. The Morgan fingerprint density at radius 2 is 2.00 bits per heavy atom. The molecule has 0 aliphatic carbocycles. The lowest BCUT2D eigenvalue weighted by Gasteiger charge is -2.04. The number of nitrogens with zero attached hydrogens (tertiary/aromatic N) is 2. The Balaban J connectivity index is 1.97. The average Bonchev–Trinajstić information content (AvgIpc) is 2.97. The molecule has 1 N–H and O–H groups in total. The molecule has 17 heavy (non-hydrogen) atoms. The normalized spacial score (nSPS) is 14.3.